The Morgan fingerprint density at radius 1 is 0.913 bits per heavy atom. The van der Waals surface area contributed by atoms with Crippen LogP contribution in [0.4, 0.5) is 5.69 Å². The number of carbonyl (C=O) groups is 2. The van der Waals surface area contributed by atoms with Crippen LogP contribution in [0.25, 0.3) is 0 Å². The van der Waals surface area contributed by atoms with Gasteiger partial charge < -0.3 is 5.32 Å². The van der Waals surface area contributed by atoms with Crippen LogP contribution in [0.3, 0.4) is 0 Å². The van der Waals surface area contributed by atoms with Crippen LogP contribution in [0.5, 0.6) is 0 Å². The van der Waals surface area contributed by atoms with E-state index in [1.54, 1.807) is 18.2 Å². The number of ketones is 2. The number of hydrogen-bond donors (Lipinski definition) is 1. The average molecular weight is 301 g/mol. The van der Waals surface area contributed by atoms with Gasteiger partial charge in [-0.05, 0) is 30.0 Å². The lowest BCUT2D eigenvalue weighted by atomic mass is 9.75. The molecule has 0 unspecified atom stereocenters. The lowest BCUT2D eigenvalue weighted by molar-refractivity contribution is 0.0978. The van der Waals surface area contributed by atoms with Crippen molar-refractivity contribution in [1.82, 2.24) is 0 Å². The minimum atomic E-state index is -0.0397. The third-order valence-electron chi connectivity index (χ3n) is 5.31. The van der Waals surface area contributed by atoms with E-state index < -0.39 is 0 Å². The molecule has 2 atom stereocenters. The molecule has 1 heterocycles. The van der Waals surface area contributed by atoms with E-state index in [2.05, 4.69) is 17.5 Å². The van der Waals surface area contributed by atoms with Crippen molar-refractivity contribution in [2.45, 2.75) is 12.3 Å². The van der Waals surface area contributed by atoms with E-state index >= 15 is 0 Å². The van der Waals surface area contributed by atoms with Gasteiger partial charge in [0.1, 0.15) is 0 Å². The van der Waals surface area contributed by atoms with E-state index in [4.69, 9.17) is 0 Å². The zero-order chi connectivity index (χ0) is 15.6. The lowest BCUT2D eigenvalue weighted by Crippen LogP contribution is -2.30. The maximum atomic E-state index is 13.1. The monoisotopic (exact) mass is 301 g/mol. The summed E-state index contributed by atoms with van der Waals surface area (Å²) in [6, 6.07) is 10.9. The van der Waals surface area contributed by atoms with Crippen molar-refractivity contribution in [2.24, 2.45) is 5.92 Å². The minimum absolute atomic E-state index is 0.0187. The molecule has 5 rings (SSSR count). The molecule has 0 amide bonds. The van der Waals surface area contributed by atoms with E-state index in [1.165, 1.54) is 0 Å². The van der Waals surface area contributed by atoms with Crippen molar-refractivity contribution in [1.29, 1.82) is 0 Å². The smallest absolute Gasteiger partial charge is 0.194 e. The second-order valence-corrected chi connectivity index (χ2v) is 6.48. The molecule has 1 aliphatic heterocycles. The van der Waals surface area contributed by atoms with E-state index in [0.29, 0.717) is 28.2 Å². The van der Waals surface area contributed by atoms with Crippen molar-refractivity contribution in [3.63, 3.8) is 0 Å². The Balaban J connectivity index is 1.81. The van der Waals surface area contributed by atoms with Crippen LogP contribution in [0.2, 0.25) is 0 Å². The molecule has 3 heteroatoms. The number of nitrogens with one attached hydrogen (secondary N) is 1. The Kier molecular flexibility index (Phi) is 2.46. The van der Waals surface area contributed by atoms with Gasteiger partial charge in [-0.25, -0.2) is 0 Å². The van der Waals surface area contributed by atoms with Gasteiger partial charge in [-0.2, -0.15) is 0 Å². The highest BCUT2D eigenvalue weighted by Gasteiger charge is 2.38. The largest absolute Gasteiger partial charge is 0.384 e. The number of rotatable bonds is 0. The molecule has 3 nitrogen and oxygen atoms in total. The van der Waals surface area contributed by atoms with Crippen molar-refractivity contribution >= 4 is 17.3 Å². The second kappa shape index (κ2) is 4.42. The van der Waals surface area contributed by atoms with Crippen LogP contribution in [-0.4, -0.2) is 18.1 Å². The SMILES string of the molecule is O=C1c2ccccc2C(=O)c2c1ccc1c2[C@@H]2C=CC[C@@H]2CN1. The molecule has 2 aliphatic carbocycles. The molecular weight excluding hydrogens is 286 g/mol. The first kappa shape index (κ1) is 12.8. The summed E-state index contributed by atoms with van der Waals surface area (Å²) in [7, 11) is 0. The zero-order valence-corrected chi connectivity index (χ0v) is 12.5. The fraction of sp³-hybridized carbons (Fsp3) is 0.200. The Hall–Kier alpha value is -2.68. The van der Waals surface area contributed by atoms with Gasteiger partial charge in [0, 0.05) is 40.4 Å². The first-order chi connectivity index (χ1) is 11.3. The van der Waals surface area contributed by atoms with Crippen LogP contribution >= 0.6 is 0 Å². The number of hydrogen-bond acceptors (Lipinski definition) is 3. The summed E-state index contributed by atoms with van der Waals surface area (Å²) in [4.78, 5) is 26.0. The van der Waals surface area contributed by atoms with Crippen molar-refractivity contribution < 1.29 is 9.59 Å². The van der Waals surface area contributed by atoms with Gasteiger partial charge in [-0.1, -0.05) is 36.4 Å². The summed E-state index contributed by atoms with van der Waals surface area (Å²) in [6.07, 6.45) is 5.41. The van der Waals surface area contributed by atoms with Crippen LogP contribution in [0.15, 0.2) is 48.6 Å². The molecule has 0 saturated heterocycles. The van der Waals surface area contributed by atoms with E-state index in [-0.39, 0.29) is 17.5 Å². The van der Waals surface area contributed by atoms with E-state index in [9.17, 15) is 9.59 Å². The van der Waals surface area contributed by atoms with Gasteiger partial charge in [-0.3, -0.25) is 9.59 Å². The lowest BCUT2D eigenvalue weighted by Gasteiger charge is -2.33. The van der Waals surface area contributed by atoms with Crippen molar-refractivity contribution in [3.8, 4) is 0 Å². The summed E-state index contributed by atoms with van der Waals surface area (Å²) < 4.78 is 0. The maximum absolute atomic E-state index is 13.1. The third-order valence-corrected chi connectivity index (χ3v) is 5.31. The highest BCUT2D eigenvalue weighted by atomic mass is 16.1. The summed E-state index contributed by atoms with van der Waals surface area (Å²) in [5, 5.41) is 3.44. The second-order valence-electron chi connectivity index (χ2n) is 6.48. The third kappa shape index (κ3) is 1.59. The fourth-order valence-corrected chi connectivity index (χ4v) is 4.20. The molecular formula is C20H15NO2. The Morgan fingerprint density at radius 3 is 2.52 bits per heavy atom. The molecule has 2 aromatic carbocycles. The summed E-state index contributed by atoms with van der Waals surface area (Å²) >= 11 is 0. The van der Waals surface area contributed by atoms with Gasteiger partial charge in [0.05, 0.1) is 0 Å². The van der Waals surface area contributed by atoms with Crippen molar-refractivity contribution in [2.75, 3.05) is 11.9 Å². The van der Waals surface area contributed by atoms with Crippen LogP contribution < -0.4 is 5.32 Å². The highest BCUT2D eigenvalue weighted by molar-refractivity contribution is 6.29. The maximum Gasteiger partial charge on any atom is 0.194 e. The van der Waals surface area contributed by atoms with Gasteiger partial charge in [0.15, 0.2) is 11.6 Å². The predicted molar refractivity (Wildman–Crippen MR) is 88.2 cm³/mol. The molecule has 3 aliphatic rings. The van der Waals surface area contributed by atoms with E-state index in [0.717, 1.165) is 24.2 Å². The van der Waals surface area contributed by atoms with Crippen LogP contribution in [0, 0.1) is 5.92 Å². The highest BCUT2D eigenvalue weighted by Crippen LogP contribution is 2.46. The summed E-state index contributed by atoms with van der Waals surface area (Å²) in [5.74, 6) is 0.661. The molecule has 0 aromatic heterocycles. The molecule has 23 heavy (non-hydrogen) atoms. The molecule has 0 fully saturated rings. The average Bonchev–Trinajstić information content (AvgIpc) is 3.07. The number of carbonyl (C=O) groups excluding carboxylic acids is 2. The van der Waals surface area contributed by atoms with Crippen LogP contribution in [-0.2, 0) is 0 Å². The Morgan fingerprint density at radius 2 is 1.70 bits per heavy atom. The first-order valence-electron chi connectivity index (χ1n) is 8.01. The van der Waals surface area contributed by atoms with Gasteiger partial charge >= 0.3 is 0 Å². The summed E-state index contributed by atoms with van der Waals surface area (Å²) in [6.45, 7) is 0.919. The Bertz CT molecular complexity index is 910. The molecule has 1 N–H and O–H groups in total. The fourth-order valence-electron chi connectivity index (χ4n) is 4.20. The normalized spacial score (nSPS) is 23.7. The zero-order valence-electron chi connectivity index (χ0n) is 12.5. The van der Waals surface area contributed by atoms with Crippen molar-refractivity contribution in [3.05, 3.63) is 76.4 Å². The Labute approximate surface area is 134 Å². The minimum Gasteiger partial charge on any atom is -0.384 e. The summed E-state index contributed by atoms with van der Waals surface area (Å²) in [5.41, 5.74) is 4.22. The van der Waals surface area contributed by atoms with E-state index in [1.807, 2.05) is 18.2 Å². The number of benzene rings is 2. The number of anilines is 1. The topological polar surface area (TPSA) is 46.2 Å². The molecule has 0 radical (unpaired) electrons. The van der Waals surface area contributed by atoms with Crippen LogP contribution in [0.1, 0.15) is 49.7 Å². The van der Waals surface area contributed by atoms with Gasteiger partial charge in [0.25, 0.3) is 0 Å². The predicted octanol–water partition coefficient (Wildman–Crippen LogP) is 3.55. The standard InChI is InChI=1S/C20H15NO2/c22-19-13-5-1-2-6-14(13)20(23)18-15(19)8-9-16-17(18)12-7-3-4-11(12)10-21-16/h1-3,5-9,11-12,21H,4,10H2/t11-,12-/m1/s1. The number of allylic oxidation sites excluding steroid dienone is 2. The van der Waals surface area contributed by atoms with Gasteiger partial charge in [0.2, 0.25) is 0 Å². The number of fused-ring (bicyclic) bond motifs is 6. The first-order valence-corrected chi connectivity index (χ1v) is 8.01. The molecule has 0 saturated carbocycles. The quantitative estimate of drug-likeness (QED) is 0.646. The molecule has 112 valence electrons. The van der Waals surface area contributed by atoms with Gasteiger partial charge in [-0.15, -0.1) is 0 Å². The molecule has 0 spiro atoms. The molecule has 2 aromatic rings. The molecule has 0 bridgehead atoms.